The van der Waals surface area contributed by atoms with Crippen LogP contribution in [0, 0.1) is 5.92 Å². The van der Waals surface area contributed by atoms with Crippen molar-refractivity contribution in [1.82, 2.24) is 4.90 Å². The van der Waals surface area contributed by atoms with Gasteiger partial charge < -0.3 is 20.1 Å². The van der Waals surface area contributed by atoms with Crippen molar-refractivity contribution in [1.29, 1.82) is 0 Å². The molecule has 2 unspecified atom stereocenters. The Morgan fingerprint density at radius 1 is 1.09 bits per heavy atom. The summed E-state index contributed by atoms with van der Waals surface area (Å²) in [6.07, 6.45) is -0.524. The third-order valence-electron chi connectivity index (χ3n) is 4.95. The molecule has 2 saturated heterocycles. The van der Waals surface area contributed by atoms with Crippen LogP contribution in [0.15, 0.2) is 30.3 Å². The Bertz CT molecular complexity index is 469. The zero-order valence-corrected chi connectivity index (χ0v) is 12.7. The van der Waals surface area contributed by atoms with Crippen molar-refractivity contribution in [3.05, 3.63) is 35.9 Å². The molecule has 0 saturated carbocycles. The van der Waals surface area contributed by atoms with Crippen LogP contribution in [0.2, 0.25) is 0 Å². The molecule has 122 valence electrons. The summed E-state index contributed by atoms with van der Waals surface area (Å²) in [5.74, 6) is 0.122. The number of aliphatic hydroxyl groups excluding tert-OH is 3. The van der Waals surface area contributed by atoms with Crippen molar-refractivity contribution in [3.8, 4) is 0 Å². The second-order valence-corrected chi connectivity index (χ2v) is 6.41. The zero-order chi connectivity index (χ0) is 15.5. The molecular formula is C17H25NO4. The van der Waals surface area contributed by atoms with Gasteiger partial charge in [0.25, 0.3) is 0 Å². The largest absolute Gasteiger partial charge is 0.391 e. The summed E-state index contributed by atoms with van der Waals surface area (Å²) < 4.78 is 5.69. The van der Waals surface area contributed by atoms with Crippen LogP contribution in [0.4, 0.5) is 0 Å². The Morgan fingerprint density at radius 3 is 2.64 bits per heavy atom. The van der Waals surface area contributed by atoms with E-state index in [9.17, 15) is 15.3 Å². The van der Waals surface area contributed by atoms with E-state index in [4.69, 9.17) is 4.74 Å². The van der Waals surface area contributed by atoms with Gasteiger partial charge in [0.1, 0.15) is 0 Å². The van der Waals surface area contributed by atoms with Crippen LogP contribution in [-0.4, -0.2) is 64.3 Å². The topological polar surface area (TPSA) is 73.2 Å². The van der Waals surface area contributed by atoms with Gasteiger partial charge in [-0.1, -0.05) is 30.3 Å². The molecule has 5 atom stereocenters. The van der Waals surface area contributed by atoms with Crippen molar-refractivity contribution >= 4 is 0 Å². The third kappa shape index (κ3) is 3.34. The molecule has 2 heterocycles. The van der Waals surface area contributed by atoms with Gasteiger partial charge in [0.05, 0.1) is 31.0 Å². The van der Waals surface area contributed by atoms with Crippen molar-refractivity contribution in [2.45, 2.75) is 43.8 Å². The molecule has 1 aromatic carbocycles. The second kappa shape index (κ2) is 7.06. The predicted octanol–water partition coefficient (Wildman–Crippen LogP) is 0.380. The molecule has 0 aromatic heterocycles. The average Bonchev–Trinajstić information content (AvgIpc) is 2.82. The number of piperidine rings is 1. The first-order valence-corrected chi connectivity index (χ1v) is 8.06. The fourth-order valence-corrected chi connectivity index (χ4v) is 3.67. The fourth-order valence-electron chi connectivity index (χ4n) is 3.67. The number of ether oxygens (including phenoxy) is 1. The minimum atomic E-state index is -0.844. The summed E-state index contributed by atoms with van der Waals surface area (Å²) in [5, 5.41) is 30.2. The van der Waals surface area contributed by atoms with E-state index < -0.39 is 18.3 Å². The molecule has 2 aliphatic heterocycles. The van der Waals surface area contributed by atoms with E-state index in [1.54, 1.807) is 0 Å². The third-order valence-corrected chi connectivity index (χ3v) is 4.95. The monoisotopic (exact) mass is 307 g/mol. The van der Waals surface area contributed by atoms with Crippen LogP contribution in [-0.2, 0) is 11.3 Å². The van der Waals surface area contributed by atoms with E-state index in [0.29, 0.717) is 19.8 Å². The summed E-state index contributed by atoms with van der Waals surface area (Å²) in [6.45, 7) is 2.46. The van der Waals surface area contributed by atoms with Gasteiger partial charge in [-0.05, 0) is 30.9 Å². The van der Waals surface area contributed by atoms with Gasteiger partial charge in [0.2, 0.25) is 0 Å². The number of nitrogens with zero attached hydrogens (tertiary/aromatic N) is 1. The molecule has 5 nitrogen and oxygen atoms in total. The maximum absolute atomic E-state index is 10.5. The lowest BCUT2D eigenvalue weighted by atomic mass is 9.85. The molecule has 0 spiro atoms. The minimum absolute atomic E-state index is 0.122. The number of hydrogen-bond acceptors (Lipinski definition) is 5. The standard InChI is InChI=1S/C17H25NO4/c19-14-10-18-8-6-13(16(20)15(18)17(14)21)7-9-22-11-12-4-2-1-3-5-12/h1-5,13-17,19-21H,6-11H2/t13-,14?,15+,16+,17?/m0/s1. The lowest BCUT2D eigenvalue weighted by Gasteiger charge is -2.40. The summed E-state index contributed by atoms with van der Waals surface area (Å²) in [6, 6.07) is 9.70. The molecule has 1 aromatic rings. The van der Waals surface area contributed by atoms with Gasteiger partial charge in [-0.2, -0.15) is 0 Å². The first-order chi connectivity index (χ1) is 10.7. The van der Waals surface area contributed by atoms with Gasteiger partial charge in [-0.25, -0.2) is 0 Å². The smallest absolute Gasteiger partial charge is 0.0991 e. The zero-order valence-electron chi connectivity index (χ0n) is 12.7. The number of fused-ring (bicyclic) bond motifs is 1. The molecule has 3 rings (SSSR count). The van der Waals surface area contributed by atoms with E-state index in [1.807, 2.05) is 35.2 Å². The lowest BCUT2D eigenvalue weighted by molar-refractivity contribution is -0.0635. The fraction of sp³-hybridized carbons (Fsp3) is 0.647. The Morgan fingerprint density at radius 2 is 1.86 bits per heavy atom. The highest BCUT2D eigenvalue weighted by atomic mass is 16.5. The Hall–Kier alpha value is -0.980. The molecule has 0 radical (unpaired) electrons. The van der Waals surface area contributed by atoms with Crippen molar-refractivity contribution in [2.24, 2.45) is 5.92 Å². The molecular weight excluding hydrogens is 282 g/mol. The maximum atomic E-state index is 10.5. The Balaban J connectivity index is 1.45. The van der Waals surface area contributed by atoms with Crippen LogP contribution in [0.5, 0.6) is 0 Å². The Kier molecular flexibility index (Phi) is 5.10. The summed E-state index contributed by atoms with van der Waals surface area (Å²) in [4.78, 5) is 2.00. The number of rotatable bonds is 5. The van der Waals surface area contributed by atoms with Gasteiger partial charge in [0.15, 0.2) is 0 Å². The molecule has 2 aliphatic rings. The Labute approximate surface area is 131 Å². The molecule has 3 N–H and O–H groups in total. The average molecular weight is 307 g/mol. The van der Waals surface area contributed by atoms with Crippen LogP contribution in [0.25, 0.3) is 0 Å². The van der Waals surface area contributed by atoms with Crippen LogP contribution < -0.4 is 0 Å². The van der Waals surface area contributed by atoms with E-state index in [2.05, 4.69) is 0 Å². The van der Waals surface area contributed by atoms with Crippen molar-refractivity contribution in [3.63, 3.8) is 0 Å². The van der Waals surface area contributed by atoms with Crippen LogP contribution in [0.3, 0.4) is 0 Å². The van der Waals surface area contributed by atoms with Crippen LogP contribution in [0.1, 0.15) is 18.4 Å². The van der Waals surface area contributed by atoms with Crippen LogP contribution >= 0.6 is 0 Å². The first kappa shape index (κ1) is 15.9. The highest BCUT2D eigenvalue weighted by molar-refractivity contribution is 5.13. The summed E-state index contributed by atoms with van der Waals surface area (Å²) >= 11 is 0. The van der Waals surface area contributed by atoms with Gasteiger partial charge >= 0.3 is 0 Å². The predicted molar refractivity (Wildman–Crippen MR) is 82.2 cm³/mol. The van der Waals surface area contributed by atoms with E-state index in [-0.39, 0.29) is 12.0 Å². The molecule has 22 heavy (non-hydrogen) atoms. The molecule has 0 aliphatic carbocycles. The van der Waals surface area contributed by atoms with Crippen molar-refractivity contribution in [2.75, 3.05) is 19.7 Å². The highest BCUT2D eigenvalue weighted by Gasteiger charge is 2.48. The number of benzene rings is 1. The SMILES string of the molecule is OC1CN2CC[C@@H](CCOCc3ccccc3)[C@@H](O)[C@@H]2C1O. The van der Waals surface area contributed by atoms with E-state index in [0.717, 1.165) is 24.9 Å². The lowest BCUT2D eigenvalue weighted by Crippen LogP contribution is -2.53. The normalized spacial score (nSPS) is 35.5. The number of aliphatic hydroxyl groups is 3. The van der Waals surface area contributed by atoms with E-state index >= 15 is 0 Å². The minimum Gasteiger partial charge on any atom is -0.391 e. The number of hydrogen-bond donors (Lipinski definition) is 3. The quantitative estimate of drug-likeness (QED) is 0.686. The molecule has 5 heteroatoms. The molecule has 0 amide bonds. The maximum Gasteiger partial charge on any atom is 0.0991 e. The molecule has 0 bridgehead atoms. The molecule has 2 fully saturated rings. The summed E-state index contributed by atoms with van der Waals surface area (Å²) in [5.41, 5.74) is 1.15. The van der Waals surface area contributed by atoms with E-state index in [1.165, 1.54) is 0 Å². The second-order valence-electron chi connectivity index (χ2n) is 6.41. The highest BCUT2D eigenvalue weighted by Crippen LogP contribution is 2.33. The van der Waals surface area contributed by atoms with Crippen molar-refractivity contribution < 1.29 is 20.1 Å². The van der Waals surface area contributed by atoms with Gasteiger partial charge in [-0.15, -0.1) is 0 Å². The summed E-state index contributed by atoms with van der Waals surface area (Å²) in [7, 11) is 0. The van der Waals surface area contributed by atoms with Gasteiger partial charge in [-0.3, -0.25) is 4.90 Å². The first-order valence-electron chi connectivity index (χ1n) is 8.06. The van der Waals surface area contributed by atoms with Gasteiger partial charge in [0, 0.05) is 13.2 Å².